The van der Waals surface area contributed by atoms with Crippen molar-refractivity contribution in [3.8, 4) is 0 Å². The van der Waals surface area contributed by atoms with E-state index in [2.05, 4.69) is 61.3 Å². The van der Waals surface area contributed by atoms with Crippen molar-refractivity contribution < 1.29 is 0 Å². The van der Waals surface area contributed by atoms with Gasteiger partial charge in [-0.05, 0) is 25.1 Å². The van der Waals surface area contributed by atoms with Crippen molar-refractivity contribution >= 4 is 0 Å². The highest BCUT2D eigenvalue weighted by molar-refractivity contribution is 5.14. The van der Waals surface area contributed by atoms with Crippen LogP contribution in [0.3, 0.4) is 0 Å². The topological polar surface area (TPSA) is 15.3 Å². The Morgan fingerprint density at radius 2 is 1.83 bits per heavy atom. The van der Waals surface area contributed by atoms with Gasteiger partial charge in [0.1, 0.15) is 0 Å². The number of nitrogens with zero attached hydrogens (tertiary/aromatic N) is 1. The number of nitrogens with one attached hydrogen (secondary N) is 1. The van der Waals surface area contributed by atoms with E-state index in [9.17, 15) is 0 Å². The molecule has 0 aliphatic rings. The van der Waals surface area contributed by atoms with E-state index >= 15 is 0 Å². The highest BCUT2D eigenvalue weighted by atomic mass is 15.2. The van der Waals surface area contributed by atoms with Crippen LogP contribution in [-0.4, -0.2) is 30.6 Å². The Bertz CT molecular complexity index is 297. The first-order valence-electron chi connectivity index (χ1n) is 7.30. The predicted molar refractivity (Wildman–Crippen MR) is 79.8 cm³/mol. The molecule has 0 saturated carbocycles. The maximum Gasteiger partial charge on any atom is 0.0237 e. The molecule has 2 nitrogen and oxygen atoms in total. The van der Waals surface area contributed by atoms with Crippen LogP contribution in [0.25, 0.3) is 0 Å². The molecule has 0 radical (unpaired) electrons. The molecule has 0 aliphatic heterocycles. The molecule has 1 aromatic carbocycles. The average molecular weight is 248 g/mol. The molecule has 0 heterocycles. The lowest BCUT2D eigenvalue weighted by molar-refractivity contribution is 0.182. The molecule has 0 aromatic heterocycles. The van der Waals surface area contributed by atoms with Gasteiger partial charge in [-0.25, -0.2) is 0 Å². The van der Waals surface area contributed by atoms with Crippen LogP contribution in [-0.2, 0) is 6.54 Å². The van der Waals surface area contributed by atoms with Crippen molar-refractivity contribution in [2.75, 3.05) is 19.6 Å². The van der Waals surface area contributed by atoms with Gasteiger partial charge in [0.2, 0.25) is 0 Å². The molecule has 0 amide bonds. The summed E-state index contributed by atoms with van der Waals surface area (Å²) in [5, 5.41) is 3.49. The second-order valence-corrected chi connectivity index (χ2v) is 4.80. The van der Waals surface area contributed by atoms with E-state index in [0.717, 1.165) is 26.2 Å². The van der Waals surface area contributed by atoms with Gasteiger partial charge in [0.15, 0.2) is 0 Å². The van der Waals surface area contributed by atoms with Crippen molar-refractivity contribution in [1.29, 1.82) is 0 Å². The van der Waals surface area contributed by atoms with Crippen LogP contribution in [0.1, 0.15) is 39.2 Å². The van der Waals surface area contributed by atoms with Gasteiger partial charge in [-0.3, -0.25) is 4.90 Å². The van der Waals surface area contributed by atoms with Crippen LogP contribution in [0.4, 0.5) is 0 Å². The molecule has 0 saturated heterocycles. The van der Waals surface area contributed by atoms with Crippen molar-refractivity contribution in [3.05, 3.63) is 35.9 Å². The van der Waals surface area contributed by atoms with E-state index in [1.54, 1.807) is 0 Å². The molecule has 0 spiro atoms. The fourth-order valence-corrected chi connectivity index (χ4v) is 2.37. The van der Waals surface area contributed by atoms with Crippen molar-refractivity contribution in [3.63, 3.8) is 0 Å². The first-order valence-corrected chi connectivity index (χ1v) is 7.30. The van der Waals surface area contributed by atoms with Gasteiger partial charge >= 0.3 is 0 Å². The van der Waals surface area contributed by atoms with E-state index in [4.69, 9.17) is 0 Å². The highest BCUT2D eigenvalue weighted by Crippen LogP contribution is 2.11. The van der Waals surface area contributed by atoms with Crippen LogP contribution in [0, 0.1) is 0 Å². The Kier molecular flexibility index (Phi) is 7.70. The summed E-state index contributed by atoms with van der Waals surface area (Å²) >= 11 is 0. The van der Waals surface area contributed by atoms with Crippen LogP contribution in [0.2, 0.25) is 0 Å². The highest BCUT2D eigenvalue weighted by Gasteiger charge is 2.15. The number of hydrogen-bond donors (Lipinski definition) is 1. The zero-order chi connectivity index (χ0) is 13.2. The summed E-state index contributed by atoms with van der Waals surface area (Å²) in [6.07, 6.45) is 2.52. The summed E-state index contributed by atoms with van der Waals surface area (Å²) in [6, 6.07) is 11.4. The van der Waals surface area contributed by atoms with E-state index < -0.39 is 0 Å². The quantitative estimate of drug-likeness (QED) is 0.721. The minimum Gasteiger partial charge on any atom is -0.315 e. The third-order valence-electron chi connectivity index (χ3n) is 3.40. The summed E-state index contributed by atoms with van der Waals surface area (Å²) in [5.41, 5.74) is 1.41. The smallest absolute Gasteiger partial charge is 0.0237 e. The zero-order valence-electron chi connectivity index (χ0n) is 12.2. The maximum atomic E-state index is 3.49. The molecule has 1 atom stereocenters. The third kappa shape index (κ3) is 5.19. The number of likely N-dealkylation sites (N-methyl/N-ethyl adjacent to an activating group) is 2. The zero-order valence-corrected chi connectivity index (χ0v) is 12.2. The van der Waals surface area contributed by atoms with Gasteiger partial charge in [0.25, 0.3) is 0 Å². The molecule has 102 valence electrons. The van der Waals surface area contributed by atoms with Gasteiger partial charge in [0, 0.05) is 19.1 Å². The second-order valence-electron chi connectivity index (χ2n) is 4.80. The van der Waals surface area contributed by atoms with Gasteiger partial charge in [-0.1, -0.05) is 57.5 Å². The van der Waals surface area contributed by atoms with Crippen LogP contribution < -0.4 is 5.32 Å². The summed E-state index contributed by atoms with van der Waals surface area (Å²) in [5.74, 6) is 0. The standard InChI is InChI=1S/C16H28N2/c1-4-10-16(13-17-5-2)18(6-3)14-15-11-8-7-9-12-15/h7-9,11-12,16-17H,4-6,10,13-14H2,1-3H3. The molecular formula is C16H28N2. The van der Waals surface area contributed by atoms with Crippen molar-refractivity contribution in [2.24, 2.45) is 0 Å². The number of rotatable bonds is 9. The Hall–Kier alpha value is -0.860. The number of benzene rings is 1. The Balaban J connectivity index is 2.60. The van der Waals surface area contributed by atoms with E-state index in [-0.39, 0.29) is 0 Å². The maximum absolute atomic E-state index is 3.49. The number of hydrogen-bond acceptors (Lipinski definition) is 2. The largest absolute Gasteiger partial charge is 0.315 e. The lowest BCUT2D eigenvalue weighted by atomic mass is 10.1. The molecule has 1 N–H and O–H groups in total. The summed E-state index contributed by atoms with van der Waals surface area (Å²) in [6.45, 7) is 11.1. The molecule has 2 heteroatoms. The molecule has 18 heavy (non-hydrogen) atoms. The van der Waals surface area contributed by atoms with Crippen molar-refractivity contribution in [2.45, 2.75) is 46.2 Å². The van der Waals surface area contributed by atoms with Gasteiger partial charge in [-0.2, -0.15) is 0 Å². The van der Waals surface area contributed by atoms with Crippen LogP contribution in [0.5, 0.6) is 0 Å². The molecule has 0 fully saturated rings. The predicted octanol–water partition coefficient (Wildman–Crippen LogP) is 3.29. The fourth-order valence-electron chi connectivity index (χ4n) is 2.37. The Morgan fingerprint density at radius 1 is 1.11 bits per heavy atom. The normalized spacial score (nSPS) is 12.9. The Labute approximate surface area is 112 Å². The van der Waals surface area contributed by atoms with Crippen LogP contribution in [0.15, 0.2) is 30.3 Å². The summed E-state index contributed by atoms with van der Waals surface area (Å²) < 4.78 is 0. The first kappa shape index (κ1) is 15.2. The van der Waals surface area contributed by atoms with E-state index in [0.29, 0.717) is 6.04 Å². The SMILES string of the molecule is CCCC(CNCC)N(CC)Cc1ccccc1. The average Bonchev–Trinajstić information content (AvgIpc) is 2.42. The first-order chi connectivity index (χ1) is 8.81. The van der Waals surface area contributed by atoms with Gasteiger partial charge < -0.3 is 5.32 Å². The molecule has 1 rings (SSSR count). The van der Waals surface area contributed by atoms with Crippen molar-refractivity contribution in [1.82, 2.24) is 10.2 Å². The second kappa shape index (κ2) is 9.12. The lowest BCUT2D eigenvalue weighted by Crippen LogP contribution is -2.41. The molecule has 0 aliphatic carbocycles. The van der Waals surface area contributed by atoms with E-state index in [1.165, 1.54) is 18.4 Å². The fraction of sp³-hybridized carbons (Fsp3) is 0.625. The summed E-state index contributed by atoms with van der Waals surface area (Å²) in [4.78, 5) is 2.58. The monoisotopic (exact) mass is 248 g/mol. The minimum absolute atomic E-state index is 0.653. The lowest BCUT2D eigenvalue weighted by Gasteiger charge is -2.31. The molecular weight excluding hydrogens is 220 g/mol. The molecule has 1 aromatic rings. The molecule has 1 unspecified atom stereocenters. The minimum atomic E-state index is 0.653. The van der Waals surface area contributed by atoms with E-state index in [1.807, 2.05) is 0 Å². The van der Waals surface area contributed by atoms with Gasteiger partial charge in [-0.15, -0.1) is 0 Å². The van der Waals surface area contributed by atoms with Crippen LogP contribution >= 0.6 is 0 Å². The van der Waals surface area contributed by atoms with Gasteiger partial charge in [0.05, 0.1) is 0 Å². The Morgan fingerprint density at radius 3 is 2.39 bits per heavy atom. The molecule has 0 bridgehead atoms. The third-order valence-corrected chi connectivity index (χ3v) is 3.40. The summed E-state index contributed by atoms with van der Waals surface area (Å²) in [7, 11) is 0.